The number of hydrogen-bond donors (Lipinski definition) is 0. The predicted molar refractivity (Wildman–Crippen MR) is 82.5 cm³/mol. The van der Waals surface area contributed by atoms with Crippen LogP contribution in [0.5, 0.6) is 5.75 Å². The third-order valence-electron chi connectivity index (χ3n) is 3.14. The highest BCUT2D eigenvalue weighted by Gasteiger charge is 2.11. The van der Waals surface area contributed by atoms with Crippen LogP contribution in [0.2, 0.25) is 0 Å². The summed E-state index contributed by atoms with van der Waals surface area (Å²) in [7, 11) is 0. The number of hydrogen-bond acceptors (Lipinski definition) is 3. The number of benzene rings is 1. The first-order chi connectivity index (χ1) is 9.56. The molecule has 20 heavy (non-hydrogen) atoms. The fourth-order valence-electron chi connectivity index (χ4n) is 2.01. The standard InChI is InChI=1S/C17H26N2O/c1-5-19(11-15(4)10-18)12-16-8-6-7-9-17(16)20-13-14(2)3/h6-9,14-15H,5,11-13H2,1-4H3. The number of para-hydroxylation sites is 1. The van der Waals surface area contributed by atoms with Gasteiger partial charge in [0.05, 0.1) is 18.6 Å². The topological polar surface area (TPSA) is 36.3 Å². The molecule has 1 unspecified atom stereocenters. The molecule has 0 fully saturated rings. The predicted octanol–water partition coefficient (Wildman–Crippen LogP) is 3.70. The molecule has 0 spiro atoms. The SMILES string of the molecule is CCN(Cc1ccccc1OCC(C)C)CC(C)C#N. The third-order valence-corrected chi connectivity index (χ3v) is 3.14. The lowest BCUT2D eigenvalue weighted by Crippen LogP contribution is -2.27. The molecule has 1 aromatic carbocycles. The molecule has 1 rings (SSSR count). The van der Waals surface area contributed by atoms with E-state index in [1.165, 1.54) is 5.56 Å². The van der Waals surface area contributed by atoms with Gasteiger partial charge in [-0.15, -0.1) is 0 Å². The maximum atomic E-state index is 8.94. The lowest BCUT2D eigenvalue weighted by Gasteiger charge is -2.23. The summed E-state index contributed by atoms with van der Waals surface area (Å²) in [5, 5.41) is 8.94. The Balaban J connectivity index is 2.72. The lowest BCUT2D eigenvalue weighted by molar-refractivity contribution is 0.241. The minimum Gasteiger partial charge on any atom is -0.493 e. The van der Waals surface area contributed by atoms with Gasteiger partial charge in [0.2, 0.25) is 0 Å². The zero-order valence-electron chi connectivity index (χ0n) is 13.1. The first kappa shape index (κ1) is 16.5. The smallest absolute Gasteiger partial charge is 0.123 e. The molecular formula is C17H26N2O. The van der Waals surface area contributed by atoms with E-state index in [0.717, 1.165) is 32.0 Å². The molecule has 0 heterocycles. The largest absolute Gasteiger partial charge is 0.493 e. The van der Waals surface area contributed by atoms with Crippen molar-refractivity contribution in [3.63, 3.8) is 0 Å². The highest BCUT2D eigenvalue weighted by atomic mass is 16.5. The van der Waals surface area contributed by atoms with Gasteiger partial charge in [-0.3, -0.25) is 4.90 Å². The van der Waals surface area contributed by atoms with E-state index in [-0.39, 0.29) is 5.92 Å². The fraction of sp³-hybridized carbons (Fsp3) is 0.588. The van der Waals surface area contributed by atoms with Crippen molar-refractivity contribution >= 4 is 0 Å². The van der Waals surface area contributed by atoms with Crippen LogP contribution in [-0.2, 0) is 6.54 Å². The van der Waals surface area contributed by atoms with Crippen molar-refractivity contribution in [3.8, 4) is 11.8 Å². The normalized spacial score (nSPS) is 12.4. The maximum Gasteiger partial charge on any atom is 0.123 e. The minimum atomic E-state index is 0.0543. The van der Waals surface area contributed by atoms with Crippen molar-refractivity contribution in [2.75, 3.05) is 19.7 Å². The van der Waals surface area contributed by atoms with Crippen LogP contribution in [0.25, 0.3) is 0 Å². The van der Waals surface area contributed by atoms with Crippen LogP contribution in [0.3, 0.4) is 0 Å². The summed E-state index contributed by atoms with van der Waals surface area (Å²) >= 11 is 0. The summed E-state index contributed by atoms with van der Waals surface area (Å²) in [4.78, 5) is 2.28. The van der Waals surface area contributed by atoms with E-state index in [2.05, 4.69) is 37.8 Å². The summed E-state index contributed by atoms with van der Waals surface area (Å²) in [5.74, 6) is 1.53. The van der Waals surface area contributed by atoms with Gasteiger partial charge in [-0.2, -0.15) is 5.26 Å². The van der Waals surface area contributed by atoms with Gasteiger partial charge in [0.15, 0.2) is 0 Å². The molecule has 3 heteroatoms. The van der Waals surface area contributed by atoms with Gasteiger partial charge < -0.3 is 4.74 Å². The van der Waals surface area contributed by atoms with Gasteiger partial charge >= 0.3 is 0 Å². The van der Waals surface area contributed by atoms with Gasteiger partial charge in [0.25, 0.3) is 0 Å². The summed E-state index contributed by atoms with van der Waals surface area (Å²) in [6.45, 7) is 11.7. The summed E-state index contributed by atoms with van der Waals surface area (Å²) in [6.07, 6.45) is 0. The van der Waals surface area contributed by atoms with Crippen LogP contribution >= 0.6 is 0 Å². The molecule has 1 aromatic rings. The second kappa shape index (κ2) is 8.60. The molecule has 0 radical (unpaired) electrons. The molecule has 0 aliphatic heterocycles. The summed E-state index contributed by atoms with van der Waals surface area (Å²) < 4.78 is 5.88. The molecule has 0 N–H and O–H groups in total. The van der Waals surface area contributed by atoms with Crippen molar-refractivity contribution in [2.45, 2.75) is 34.2 Å². The number of nitriles is 1. The van der Waals surface area contributed by atoms with Gasteiger partial charge in [-0.05, 0) is 25.5 Å². The molecule has 1 atom stereocenters. The first-order valence-corrected chi connectivity index (χ1v) is 7.39. The zero-order chi connectivity index (χ0) is 15.0. The van der Waals surface area contributed by atoms with E-state index in [0.29, 0.717) is 5.92 Å². The summed E-state index contributed by atoms with van der Waals surface area (Å²) in [5.41, 5.74) is 1.19. The zero-order valence-corrected chi connectivity index (χ0v) is 13.1. The molecule has 0 amide bonds. The van der Waals surface area contributed by atoms with Crippen molar-refractivity contribution in [2.24, 2.45) is 11.8 Å². The Bertz CT molecular complexity index is 437. The fourth-order valence-corrected chi connectivity index (χ4v) is 2.01. The number of rotatable bonds is 8. The lowest BCUT2D eigenvalue weighted by atomic mass is 10.1. The molecule has 0 aromatic heterocycles. The molecular weight excluding hydrogens is 248 g/mol. The Morgan fingerprint density at radius 3 is 2.55 bits per heavy atom. The monoisotopic (exact) mass is 274 g/mol. The Morgan fingerprint density at radius 1 is 1.25 bits per heavy atom. The Labute approximate surface area is 123 Å². The van der Waals surface area contributed by atoms with Crippen LogP contribution in [0.4, 0.5) is 0 Å². The first-order valence-electron chi connectivity index (χ1n) is 7.39. The summed E-state index contributed by atoms with van der Waals surface area (Å²) in [6, 6.07) is 10.5. The maximum absolute atomic E-state index is 8.94. The second-order valence-corrected chi connectivity index (χ2v) is 5.67. The van der Waals surface area contributed by atoms with Crippen molar-refractivity contribution in [1.29, 1.82) is 5.26 Å². The highest BCUT2D eigenvalue weighted by molar-refractivity contribution is 5.33. The van der Waals surface area contributed by atoms with Gasteiger partial charge in [0, 0.05) is 18.7 Å². The average molecular weight is 274 g/mol. The second-order valence-electron chi connectivity index (χ2n) is 5.67. The van der Waals surface area contributed by atoms with Gasteiger partial charge in [0.1, 0.15) is 5.75 Å². The highest BCUT2D eigenvalue weighted by Crippen LogP contribution is 2.21. The number of ether oxygens (including phenoxy) is 1. The van der Waals surface area contributed by atoms with Gasteiger partial charge in [-0.1, -0.05) is 39.0 Å². The molecule has 3 nitrogen and oxygen atoms in total. The van der Waals surface area contributed by atoms with Crippen LogP contribution in [0.1, 0.15) is 33.3 Å². The van der Waals surface area contributed by atoms with Crippen LogP contribution in [0, 0.1) is 23.2 Å². The molecule has 0 aliphatic carbocycles. The van der Waals surface area contributed by atoms with Crippen molar-refractivity contribution in [3.05, 3.63) is 29.8 Å². The molecule has 0 bridgehead atoms. The van der Waals surface area contributed by atoms with Crippen LogP contribution < -0.4 is 4.74 Å². The molecule has 0 saturated heterocycles. The Kier molecular flexibility index (Phi) is 7.11. The number of nitrogens with zero attached hydrogens (tertiary/aromatic N) is 2. The van der Waals surface area contributed by atoms with E-state index in [1.807, 2.05) is 25.1 Å². The Morgan fingerprint density at radius 2 is 1.95 bits per heavy atom. The van der Waals surface area contributed by atoms with E-state index < -0.39 is 0 Å². The van der Waals surface area contributed by atoms with Crippen LogP contribution in [-0.4, -0.2) is 24.6 Å². The molecule has 110 valence electrons. The van der Waals surface area contributed by atoms with E-state index in [1.54, 1.807) is 0 Å². The van der Waals surface area contributed by atoms with Crippen molar-refractivity contribution in [1.82, 2.24) is 4.90 Å². The van der Waals surface area contributed by atoms with Gasteiger partial charge in [-0.25, -0.2) is 0 Å². The van der Waals surface area contributed by atoms with E-state index in [9.17, 15) is 0 Å². The van der Waals surface area contributed by atoms with E-state index >= 15 is 0 Å². The minimum absolute atomic E-state index is 0.0543. The van der Waals surface area contributed by atoms with E-state index in [4.69, 9.17) is 10.00 Å². The third kappa shape index (κ3) is 5.63. The Hall–Kier alpha value is -1.53. The quantitative estimate of drug-likeness (QED) is 0.725. The van der Waals surface area contributed by atoms with Crippen molar-refractivity contribution < 1.29 is 4.74 Å². The van der Waals surface area contributed by atoms with Crippen LogP contribution in [0.15, 0.2) is 24.3 Å². The molecule has 0 aliphatic rings. The molecule has 0 saturated carbocycles. The average Bonchev–Trinajstić information content (AvgIpc) is 2.45.